The lowest BCUT2D eigenvalue weighted by Gasteiger charge is -2.24. The molecule has 0 aromatic heterocycles. The fourth-order valence-electron chi connectivity index (χ4n) is 2.77. The van der Waals surface area contributed by atoms with Crippen molar-refractivity contribution in [3.63, 3.8) is 0 Å². The maximum atomic E-state index is 12.1. The summed E-state index contributed by atoms with van der Waals surface area (Å²) in [5.41, 5.74) is 1.98. The third-order valence-electron chi connectivity index (χ3n) is 3.64. The molecule has 17 heavy (non-hydrogen) atoms. The minimum Gasteiger partial charge on any atom is -0.325 e. The predicted molar refractivity (Wildman–Crippen MR) is 71.4 cm³/mol. The summed E-state index contributed by atoms with van der Waals surface area (Å²) in [6, 6.07) is 5.63. The summed E-state index contributed by atoms with van der Waals surface area (Å²) in [5, 5.41) is 3.64. The number of amides is 1. The van der Waals surface area contributed by atoms with Gasteiger partial charge in [-0.05, 0) is 35.6 Å². The smallest absolute Gasteiger partial charge is 0.232 e. The van der Waals surface area contributed by atoms with E-state index in [1.807, 2.05) is 18.2 Å². The minimum atomic E-state index is -0.0475. The second-order valence-corrected chi connectivity index (χ2v) is 5.45. The Hall–Kier alpha value is -1.02. The van der Waals surface area contributed by atoms with Crippen LogP contribution in [0.3, 0.4) is 0 Å². The van der Waals surface area contributed by atoms with Crippen LogP contribution in [0.25, 0.3) is 0 Å². The van der Waals surface area contributed by atoms with Crippen LogP contribution in [-0.2, 0) is 4.79 Å². The van der Waals surface area contributed by atoms with E-state index >= 15 is 0 Å². The third kappa shape index (κ3) is 2.19. The molecule has 0 radical (unpaired) electrons. The molecule has 1 aliphatic rings. The number of benzene rings is 1. The van der Waals surface area contributed by atoms with Crippen molar-refractivity contribution in [2.75, 3.05) is 5.32 Å². The Morgan fingerprint density at radius 3 is 2.71 bits per heavy atom. The van der Waals surface area contributed by atoms with E-state index < -0.39 is 0 Å². The largest absolute Gasteiger partial charge is 0.325 e. The molecule has 0 aliphatic carbocycles. The van der Waals surface area contributed by atoms with E-state index in [1.165, 1.54) is 0 Å². The van der Waals surface area contributed by atoms with E-state index in [9.17, 15) is 4.79 Å². The first kappa shape index (κ1) is 12.4. The molecule has 1 N–H and O–H groups in total. The zero-order chi connectivity index (χ0) is 12.6. The number of anilines is 1. The maximum absolute atomic E-state index is 12.1. The topological polar surface area (TPSA) is 29.1 Å². The van der Waals surface area contributed by atoms with Crippen LogP contribution in [0.1, 0.15) is 38.7 Å². The summed E-state index contributed by atoms with van der Waals surface area (Å²) in [5.74, 6) is 0.923. The first-order chi connectivity index (χ1) is 8.04. The highest BCUT2D eigenvalue weighted by molar-refractivity contribution is 6.31. The van der Waals surface area contributed by atoms with Crippen LogP contribution in [0, 0.1) is 11.8 Å². The zero-order valence-corrected chi connectivity index (χ0v) is 11.2. The molecule has 1 aliphatic heterocycles. The van der Waals surface area contributed by atoms with E-state index in [1.54, 1.807) is 0 Å². The second-order valence-electron chi connectivity index (χ2n) is 5.01. The molecule has 1 aromatic rings. The van der Waals surface area contributed by atoms with Gasteiger partial charge in [-0.3, -0.25) is 4.79 Å². The molecule has 2 unspecified atom stereocenters. The molecule has 0 saturated carbocycles. The number of carbonyl (C=O) groups excluding carboxylic acids is 1. The first-order valence-corrected chi connectivity index (χ1v) is 6.52. The van der Waals surface area contributed by atoms with Crippen LogP contribution >= 0.6 is 11.6 Å². The average Bonchev–Trinajstić information content (AvgIpc) is 2.56. The highest BCUT2D eigenvalue weighted by Crippen LogP contribution is 2.42. The quantitative estimate of drug-likeness (QED) is 0.863. The van der Waals surface area contributed by atoms with Gasteiger partial charge < -0.3 is 5.32 Å². The number of hydrogen-bond donors (Lipinski definition) is 1. The molecule has 92 valence electrons. The highest BCUT2D eigenvalue weighted by atomic mass is 35.5. The Kier molecular flexibility index (Phi) is 3.43. The lowest BCUT2D eigenvalue weighted by molar-refractivity contribution is -0.118. The van der Waals surface area contributed by atoms with Gasteiger partial charge in [-0.1, -0.05) is 38.8 Å². The van der Waals surface area contributed by atoms with E-state index in [-0.39, 0.29) is 11.8 Å². The monoisotopic (exact) mass is 251 g/mol. The van der Waals surface area contributed by atoms with Gasteiger partial charge in [0.25, 0.3) is 0 Å². The third-order valence-corrected chi connectivity index (χ3v) is 3.88. The Labute approximate surface area is 107 Å². The SMILES string of the molecule is CCC(C(C)C)C1C(=O)Nc2ccc(Cl)cc21. The number of fused-ring (bicyclic) bond motifs is 1. The van der Waals surface area contributed by atoms with Gasteiger partial charge in [-0.15, -0.1) is 0 Å². The van der Waals surface area contributed by atoms with Crippen molar-refractivity contribution in [1.29, 1.82) is 0 Å². The molecule has 2 atom stereocenters. The van der Waals surface area contributed by atoms with E-state index in [0.29, 0.717) is 16.9 Å². The molecule has 0 fully saturated rings. The molecule has 3 heteroatoms. The Bertz CT molecular complexity index is 442. The summed E-state index contributed by atoms with van der Waals surface area (Å²) in [6.45, 7) is 6.48. The van der Waals surface area contributed by atoms with Crippen LogP contribution in [0.4, 0.5) is 5.69 Å². The number of hydrogen-bond acceptors (Lipinski definition) is 1. The lowest BCUT2D eigenvalue weighted by Crippen LogP contribution is -2.24. The summed E-state index contributed by atoms with van der Waals surface area (Å²) < 4.78 is 0. The van der Waals surface area contributed by atoms with E-state index in [2.05, 4.69) is 26.1 Å². The van der Waals surface area contributed by atoms with E-state index in [0.717, 1.165) is 17.7 Å². The number of halogens is 1. The molecule has 2 nitrogen and oxygen atoms in total. The molecule has 0 bridgehead atoms. The van der Waals surface area contributed by atoms with Gasteiger partial charge in [0, 0.05) is 10.7 Å². The van der Waals surface area contributed by atoms with Crippen LogP contribution < -0.4 is 5.32 Å². The fraction of sp³-hybridized carbons (Fsp3) is 0.500. The van der Waals surface area contributed by atoms with Gasteiger partial charge in [0.1, 0.15) is 0 Å². The first-order valence-electron chi connectivity index (χ1n) is 6.15. The van der Waals surface area contributed by atoms with E-state index in [4.69, 9.17) is 11.6 Å². The molecule has 0 saturated heterocycles. The van der Waals surface area contributed by atoms with Crippen molar-refractivity contribution in [2.24, 2.45) is 11.8 Å². The summed E-state index contributed by atoms with van der Waals surface area (Å²) in [7, 11) is 0. The Balaban J connectivity index is 2.42. The summed E-state index contributed by atoms with van der Waals surface area (Å²) >= 11 is 6.02. The summed E-state index contributed by atoms with van der Waals surface area (Å²) in [4.78, 5) is 12.1. The molecule has 1 heterocycles. The number of rotatable bonds is 3. The lowest BCUT2D eigenvalue weighted by atomic mass is 9.78. The van der Waals surface area contributed by atoms with Crippen molar-refractivity contribution in [1.82, 2.24) is 0 Å². The Morgan fingerprint density at radius 2 is 2.12 bits per heavy atom. The average molecular weight is 252 g/mol. The normalized spacial score (nSPS) is 20.3. The van der Waals surface area contributed by atoms with Crippen LogP contribution in [0.5, 0.6) is 0 Å². The fourth-order valence-corrected chi connectivity index (χ4v) is 2.95. The number of nitrogens with one attached hydrogen (secondary N) is 1. The summed E-state index contributed by atoms with van der Waals surface area (Å²) in [6.07, 6.45) is 1.00. The predicted octanol–water partition coefficient (Wildman–Crippen LogP) is 4.06. The standard InChI is InChI=1S/C14H18ClNO/c1-4-10(8(2)3)13-11-7-9(15)5-6-12(11)16-14(13)17/h5-8,10,13H,4H2,1-3H3,(H,16,17). The van der Waals surface area contributed by atoms with Crippen LogP contribution in [0.15, 0.2) is 18.2 Å². The molecule has 1 amide bonds. The van der Waals surface area contributed by atoms with Crippen molar-refractivity contribution in [2.45, 2.75) is 33.1 Å². The van der Waals surface area contributed by atoms with Crippen LogP contribution in [0.2, 0.25) is 5.02 Å². The van der Waals surface area contributed by atoms with Gasteiger partial charge >= 0.3 is 0 Å². The molecule has 2 rings (SSSR count). The highest BCUT2D eigenvalue weighted by Gasteiger charge is 2.37. The molecule has 1 aromatic carbocycles. The van der Waals surface area contributed by atoms with Gasteiger partial charge in [0.15, 0.2) is 0 Å². The number of carbonyl (C=O) groups is 1. The molecular weight excluding hydrogens is 234 g/mol. The van der Waals surface area contributed by atoms with Gasteiger partial charge in [-0.2, -0.15) is 0 Å². The second kappa shape index (κ2) is 4.69. The van der Waals surface area contributed by atoms with Crippen molar-refractivity contribution in [3.8, 4) is 0 Å². The van der Waals surface area contributed by atoms with Gasteiger partial charge in [0.2, 0.25) is 5.91 Å². The minimum absolute atomic E-state index is 0.0475. The maximum Gasteiger partial charge on any atom is 0.232 e. The van der Waals surface area contributed by atoms with Crippen LogP contribution in [-0.4, -0.2) is 5.91 Å². The molecule has 0 spiro atoms. The van der Waals surface area contributed by atoms with Gasteiger partial charge in [-0.25, -0.2) is 0 Å². The van der Waals surface area contributed by atoms with Crippen molar-refractivity contribution < 1.29 is 4.79 Å². The van der Waals surface area contributed by atoms with Gasteiger partial charge in [0.05, 0.1) is 5.92 Å². The Morgan fingerprint density at radius 1 is 1.41 bits per heavy atom. The van der Waals surface area contributed by atoms with Crippen molar-refractivity contribution >= 4 is 23.2 Å². The molecular formula is C14H18ClNO. The van der Waals surface area contributed by atoms with Crippen molar-refractivity contribution in [3.05, 3.63) is 28.8 Å². The zero-order valence-electron chi connectivity index (χ0n) is 10.5.